The Balaban J connectivity index is 2.12. The first-order chi connectivity index (χ1) is 5.11. The quantitative estimate of drug-likeness (QED) is 0.616. The van der Waals surface area contributed by atoms with Crippen molar-refractivity contribution in [1.82, 2.24) is 5.32 Å². The molecule has 1 saturated carbocycles. The van der Waals surface area contributed by atoms with E-state index in [-0.39, 0.29) is 17.1 Å². The molecule has 5 heteroatoms. The molecule has 0 unspecified atom stereocenters. The number of hydrogen-bond acceptors (Lipinski definition) is 2. The Morgan fingerprint density at radius 2 is 2.27 bits per heavy atom. The molecule has 2 atom stereocenters. The summed E-state index contributed by atoms with van der Waals surface area (Å²) in [7, 11) is 0. The van der Waals surface area contributed by atoms with Gasteiger partial charge in [-0.2, -0.15) is 12.6 Å². The SMILES string of the molecule is O=C(NCC(F)F)[C@H]1C[C@@H]1S. The van der Waals surface area contributed by atoms with Crippen LogP contribution in [0.15, 0.2) is 0 Å². The van der Waals surface area contributed by atoms with Gasteiger partial charge in [0.2, 0.25) is 5.91 Å². The van der Waals surface area contributed by atoms with Crippen LogP contribution in [0.25, 0.3) is 0 Å². The Bertz CT molecular complexity index is 165. The number of carbonyl (C=O) groups is 1. The fourth-order valence-electron chi connectivity index (χ4n) is 0.772. The zero-order valence-corrected chi connectivity index (χ0v) is 6.65. The molecule has 0 aromatic rings. The number of rotatable bonds is 3. The summed E-state index contributed by atoms with van der Waals surface area (Å²) in [6.45, 7) is -0.546. The number of carbonyl (C=O) groups excluding carboxylic acids is 1. The van der Waals surface area contributed by atoms with Crippen LogP contribution < -0.4 is 5.32 Å². The first-order valence-electron chi connectivity index (χ1n) is 3.35. The molecule has 64 valence electrons. The summed E-state index contributed by atoms with van der Waals surface area (Å²) in [4.78, 5) is 10.8. The Morgan fingerprint density at radius 3 is 2.64 bits per heavy atom. The largest absolute Gasteiger partial charge is 0.350 e. The minimum absolute atomic E-state index is 0.0765. The van der Waals surface area contributed by atoms with Crippen LogP contribution in [0.1, 0.15) is 6.42 Å². The van der Waals surface area contributed by atoms with Crippen LogP contribution in [0.4, 0.5) is 8.78 Å². The summed E-state index contributed by atoms with van der Waals surface area (Å²) in [6, 6.07) is 0. The average molecular weight is 181 g/mol. The average Bonchev–Trinajstić information content (AvgIpc) is 2.61. The number of thiol groups is 1. The molecule has 0 aromatic heterocycles. The fourth-order valence-corrected chi connectivity index (χ4v) is 1.13. The molecule has 11 heavy (non-hydrogen) atoms. The van der Waals surface area contributed by atoms with Crippen LogP contribution in [0, 0.1) is 5.92 Å². The van der Waals surface area contributed by atoms with Crippen LogP contribution in [0.2, 0.25) is 0 Å². The van der Waals surface area contributed by atoms with Gasteiger partial charge in [0.1, 0.15) is 0 Å². The Hall–Kier alpha value is -0.320. The standard InChI is InChI=1S/C6H9F2NOS/c7-5(8)2-9-6(10)3-1-4(3)11/h3-5,11H,1-2H2,(H,9,10)/t3-,4-/m0/s1. The third-order valence-corrected chi connectivity index (χ3v) is 2.09. The van der Waals surface area contributed by atoms with Gasteiger partial charge in [0.05, 0.1) is 12.5 Å². The van der Waals surface area contributed by atoms with Gasteiger partial charge in [0, 0.05) is 5.25 Å². The van der Waals surface area contributed by atoms with Crippen LogP contribution >= 0.6 is 12.6 Å². The first-order valence-corrected chi connectivity index (χ1v) is 3.87. The third-order valence-electron chi connectivity index (χ3n) is 1.52. The normalized spacial score (nSPS) is 28.7. The summed E-state index contributed by atoms with van der Waals surface area (Å²) in [5.74, 6) is -0.442. The second kappa shape index (κ2) is 3.38. The molecule has 1 amide bonds. The number of halogens is 2. The third kappa shape index (κ3) is 2.65. The van der Waals surface area contributed by atoms with E-state index in [1.54, 1.807) is 0 Å². The van der Waals surface area contributed by atoms with Crippen molar-refractivity contribution in [3.05, 3.63) is 0 Å². The molecule has 0 aromatic carbocycles. The van der Waals surface area contributed by atoms with Crippen LogP contribution in [0.3, 0.4) is 0 Å². The minimum Gasteiger partial charge on any atom is -0.350 e. The van der Waals surface area contributed by atoms with Crippen molar-refractivity contribution in [2.45, 2.75) is 18.1 Å². The summed E-state index contributed by atoms with van der Waals surface area (Å²) in [5, 5.41) is 2.21. The van der Waals surface area contributed by atoms with Crippen molar-refractivity contribution < 1.29 is 13.6 Å². The van der Waals surface area contributed by atoms with Gasteiger partial charge >= 0.3 is 0 Å². The maximum absolute atomic E-state index is 11.5. The number of amides is 1. The molecule has 2 nitrogen and oxygen atoms in total. The summed E-state index contributed by atoms with van der Waals surface area (Å²) >= 11 is 4.01. The highest BCUT2D eigenvalue weighted by atomic mass is 32.1. The molecule has 0 aliphatic heterocycles. The predicted molar refractivity (Wildman–Crippen MR) is 39.9 cm³/mol. The highest BCUT2D eigenvalue weighted by molar-refractivity contribution is 7.81. The molecule has 0 spiro atoms. The highest BCUT2D eigenvalue weighted by Crippen LogP contribution is 2.35. The maximum Gasteiger partial charge on any atom is 0.255 e. The van der Waals surface area contributed by atoms with Gasteiger partial charge in [-0.3, -0.25) is 4.79 Å². The first kappa shape index (κ1) is 8.77. The Labute approximate surface area is 68.8 Å². The lowest BCUT2D eigenvalue weighted by Crippen LogP contribution is -2.30. The van der Waals surface area contributed by atoms with Crippen molar-refractivity contribution >= 4 is 18.5 Å². The van der Waals surface area contributed by atoms with Crippen molar-refractivity contribution in [3.8, 4) is 0 Å². The Kier molecular flexibility index (Phi) is 2.70. The van der Waals surface area contributed by atoms with Gasteiger partial charge in [-0.05, 0) is 6.42 Å². The summed E-state index contributed by atoms with van der Waals surface area (Å²) in [5.41, 5.74) is 0. The maximum atomic E-state index is 11.5. The molecule has 1 rings (SSSR count). The fraction of sp³-hybridized carbons (Fsp3) is 0.833. The van der Waals surface area contributed by atoms with Crippen molar-refractivity contribution in [2.24, 2.45) is 5.92 Å². The van der Waals surface area contributed by atoms with Gasteiger partial charge in [-0.1, -0.05) is 0 Å². The van der Waals surface area contributed by atoms with E-state index in [0.29, 0.717) is 6.42 Å². The monoisotopic (exact) mass is 181 g/mol. The molecule has 1 fully saturated rings. The minimum atomic E-state index is -2.46. The van der Waals surface area contributed by atoms with Gasteiger partial charge in [-0.25, -0.2) is 8.78 Å². The van der Waals surface area contributed by atoms with E-state index < -0.39 is 13.0 Å². The van der Waals surface area contributed by atoms with Gasteiger partial charge in [0.25, 0.3) is 6.43 Å². The van der Waals surface area contributed by atoms with E-state index >= 15 is 0 Å². The van der Waals surface area contributed by atoms with E-state index in [1.165, 1.54) is 0 Å². The molecule has 0 heterocycles. The molecule has 1 aliphatic carbocycles. The van der Waals surface area contributed by atoms with Crippen LogP contribution in [-0.2, 0) is 4.79 Å². The lowest BCUT2D eigenvalue weighted by molar-refractivity contribution is -0.122. The molecule has 1 aliphatic rings. The van der Waals surface area contributed by atoms with Gasteiger partial charge in [-0.15, -0.1) is 0 Å². The van der Waals surface area contributed by atoms with E-state index in [2.05, 4.69) is 17.9 Å². The highest BCUT2D eigenvalue weighted by Gasteiger charge is 2.40. The molecule has 1 N–H and O–H groups in total. The predicted octanol–water partition coefficient (Wildman–Crippen LogP) is 0.686. The smallest absolute Gasteiger partial charge is 0.255 e. The van der Waals surface area contributed by atoms with Gasteiger partial charge in [0.15, 0.2) is 0 Å². The zero-order chi connectivity index (χ0) is 8.43. The summed E-state index contributed by atoms with van der Waals surface area (Å²) in [6.07, 6.45) is -1.76. The molecular weight excluding hydrogens is 172 g/mol. The summed E-state index contributed by atoms with van der Waals surface area (Å²) < 4.78 is 23.1. The van der Waals surface area contributed by atoms with E-state index in [4.69, 9.17) is 0 Å². The lowest BCUT2D eigenvalue weighted by Gasteiger charge is -2.01. The number of hydrogen-bond donors (Lipinski definition) is 2. The Morgan fingerprint density at radius 1 is 1.73 bits per heavy atom. The molecule has 0 saturated heterocycles. The molecule has 0 bridgehead atoms. The molecular formula is C6H9F2NOS. The van der Waals surface area contributed by atoms with E-state index in [9.17, 15) is 13.6 Å². The topological polar surface area (TPSA) is 29.1 Å². The van der Waals surface area contributed by atoms with Gasteiger partial charge < -0.3 is 5.32 Å². The van der Waals surface area contributed by atoms with E-state index in [0.717, 1.165) is 0 Å². The van der Waals surface area contributed by atoms with Crippen LogP contribution in [-0.4, -0.2) is 24.1 Å². The van der Waals surface area contributed by atoms with Crippen molar-refractivity contribution in [3.63, 3.8) is 0 Å². The van der Waals surface area contributed by atoms with E-state index in [1.807, 2.05) is 0 Å². The van der Waals surface area contributed by atoms with Crippen molar-refractivity contribution in [2.75, 3.05) is 6.54 Å². The zero-order valence-electron chi connectivity index (χ0n) is 5.76. The van der Waals surface area contributed by atoms with Crippen molar-refractivity contribution in [1.29, 1.82) is 0 Å². The lowest BCUT2D eigenvalue weighted by atomic mass is 10.4. The molecule has 0 radical (unpaired) electrons. The number of nitrogens with one attached hydrogen (secondary N) is 1. The van der Waals surface area contributed by atoms with Crippen LogP contribution in [0.5, 0.6) is 0 Å². The second-order valence-corrected chi connectivity index (χ2v) is 3.21. The second-order valence-electron chi connectivity index (χ2n) is 2.55. The number of alkyl halides is 2.